The van der Waals surface area contributed by atoms with Gasteiger partial charge in [0.05, 0.1) is 12.2 Å². The highest BCUT2D eigenvalue weighted by Crippen LogP contribution is 2.23. The number of carbonyl (C=O) groups is 1. The average molecular weight is 299 g/mol. The molecule has 0 aliphatic carbocycles. The van der Waals surface area contributed by atoms with Gasteiger partial charge in [-0.3, -0.25) is 0 Å². The maximum absolute atomic E-state index is 11.9. The van der Waals surface area contributed by atoms with Gasteiger partial charge in [-0.15, -0.1) is 0 Å². The van der Waals surface area contributed by atoms with Gasteiger partial charge >= 0.3 is 5.97 Å². The summed E-state index contributed by atoms with van der Waals surface area (Å²) in [6.45, 7) is -0.596. The van der Waals surface area contributed by atoms with Crippen LogP contribution in [0.3, 0.4) is 0 Å². The standard InChI is InChI=1S/C13H17NO7/c14-7-3-1-6(2-4-7)12(19)21-13-11(18)10(17)9(16)8(5-15)20-13/h1-4,8-11,13,15-18H,5,14H2. The van der Waals surface area contributed by atoms with E-state index in [0.717, 1.165) is 0 Å². The minimum atomic E-state index is -1.62. The molecule has 8 nitrogen and oxygen atoms in total. The SMILES string of the molecule is Nc1ccc(C(=O)OC2OC(CO)C(O)C(O)C2O)cc1. The summed E-state index contributed by atoms with van der Waals surface area (Å²) in [7, 11) is 0. The topological polar surface area (TPSA) is 142 Å². The Morgan fingerprint density at radius 1 is 1.14 bits per heavy atom. The molecule has 1 fully saturated rings. The van der Waals surface area contributed by atoms with E-state index in [-0.39, 0.29) is 5.56 Å². The van der Waals surface area contributed by atoms with Gasteiger partial charge in [0.25, 0.3) is 0 Å². The van der Waals surface area contributed by atoms with Crippen LogP contribution in [-0.2, 0) is 9.47 Å². The third-order valence-corrected chi connectivity index (χ3v) is 3.22. The Bertz CT molecular complexity index is 490. The lowest BCUT2D eigenvalue weighted by Gasteiger charge is -2.39. The molecule has 0 saturated carbocycles. The van der Waals surface area contributed by atoms with Crippen molar-refractivity contribution in [2.75, 3.05) is 12.3 Å². The van der Waals surface area contributed by atoms with E-state index in [0.29, 0.717) is 5.69 Å². The molecule has 0 bridgehead atoms. The van der Waals surface area contributed by atoms with Gasteiger partial charge in [-0.2, -0.15) is 0 Å². The monoisotopic (exact) mass is 299 g/mol. The minimum Gasteiger partial charge on any atom is -0.429 e. The molecule has 0 radical (unpaired) electrons. The molecule has 8 heteroatoms. The minimum absolute atomic E-state index is 0.182. The fourth-order valence-corrected chi connectivity index (χ4v) is 1.96. The van der Waals surface area contributed by atoms with E-state index >= 15 is 0 Å². The molecule has 1 aromatic carbocycles. The first-order chi connectivity index (χ1) is 9.93. The van der Waals surface area contributed by atoms with Crippen LogP contribution in [0.15, 0.2) is 24.3 Å². The Labute approximate surface area is 120 Å². The number of esters is 1. The molecule has 6 N–H and O–H groups in total. The Kier molecular flexibility index (Phi) is 4.76. The number of hydrogen-bond donors (Lipinski definition) is 5. The molecule has 0 spiro atoms. The van der Waals surface area contributed by atoms with E-state index in [4.69, 9.17) is 20.3 Å². The van der Waals surface area contributed by atoms with Gasteiger partial charge in [0, 0.05) is 5.69 Å². The smallest absolute Gasteiger partial charge is 0.340 e. The molecule has 5 atom stereocenters. The maximum Gasteiger partial charge on any atom is 0.340 e. The highest BCUT2D eigenvalue weighted by molar-refractivity contribution is 5.89. The van der Waals surface area contributed by atoms with Gasteiger partial charge < -0.3 is 35.6 Å². The van der Waals surface area contributed by atoms with Gasteiger partial charge in [-0.25, -0.2) is 4.79 Å². The van der Waals surface area contributed by atoms with Gasteiger partial charge in [-0.05, 0) is 24.3 Å². The molecule has 2 rings (SSSR count). The second kappa shape index (κ2) is 6.37. The van der Waals surface area contributed by atoms with Crippen LogP contribution < -0.4 is 5.73 Å². The van der Waals surface area contributed by atoms with Crippen LogP contribution in [0.4, 0.5) is 5.69 Å². The third-order valence-electron chi connectivity index (χ3n) is 3.22. The Morgan fingerprint density at radius 2 is 1.76 bits per heavy atom. The average Bonchev–Trinajstić information content (AvgIpc) is 2.48. The number of ether oxygens (including phenoxy) is 2. The Morgan fingerprint density at radius 3 is 2.33 bits per heavy atom. The zero-order valence-corrected chi connectivity index (χ0v) is 11.0. The van der Waals surface area contributed by atoms with Crippen LogP contribution in [-0.4, -0.2) is 63.7 Å². The number of hydrogen-bond acceptors (Lipinski definition) is 8. The molecule has 1 aliphatic rings. The first-order valence-corrected chi connectivity index (χ1v) is 6.31. The van der Waals surface area contributed by atoms with Crippen molar-refractivity contribution in [1.82, 2.24) is 0 Å². The van der Waals surface area contributed by atoms with E-state index in [9.17, 15) is 20.1 Å². The molecular weight excluding hydrogens is 282 g/mol. The van der Waals surface area contributed by atoms with Crippen molar-refractivity contribution in [3.63, 3.8) is 0 Å². The van der Waals surface area contributed by atoms with E-state index in [2.05, 4.69) is 0 Å². The Balaban J connectivity index is 2.07. The molecular formula is C13H17NO7. The number of anilines is 1. The molecule has 21 heavy (non-hydrogen) atoms. The van der Waals surface area contributed by atoms with Crippen LogP contribution in [0.1, 0.15) is 10.4 Å². The Hall–Kier alpha value is -1.71. The lowest BCUT2D eigenvalue weighted by atomic mass is 9.99. The summed E-state index contributed by atoms with van der Waals surface area (Å²) in [5, 5.41) is 38.0. The van der Waals surface area contributed by atoms with Crippen molar-refractivity contribution in [3.05, 3.63) is 29.8 Å². The van der Waals surface area contributed by atoms with Gasteiger partial charge in [0.1, 0.15) is 24.4 Å². The van der Waals surface area contributed by atoms with Crippen LogP contribution in [0.2, 0.25) is 0 Å². The molecule has 0 amide bonds. The summed E-state index contributed by atoms with van der Waals surface area (Å²) in [5.41, 5.74) is 6.15. The largest absolute Gasteiger partial charge is 0.429 e. The maximum atomic E-state index is 11.9. The second-order valence-electron chi connectivity index (χ2n) is 4.72. The summed E-state index contributed by atoms with van der Waals surface area (Å²) < 4.78 is 10.0. The first-order valence-electron chi connectivity index (χ1n) is 6.31. The van der Waals surface area contributed by atoms with Crippen LogP contribution in [0.25, 0.3) is 0 Å². The van der Waals surface area contributed by atoms with Crippen LogP contribution in [0.5, 0.6) is 0 Å². The normalized spacial score (nSPS) is 32.7. The molecule has 1 aromatic rings. The van der Waals surface area contributed by atoms with Crippen LogP contribution in [0, 0.1) is 0 Å². The van der Waals surface area contributed by atoms with Crippen molar-refractivity contribution < 1.29 is 34.7 Å². The molecule has 1 aliphatic heterocycles. The first kappa shape index (κ1) is 15.7. The number of rotatable bonds is 3. The second-order valence-corrected chi connectivity index (χ2v) is 4.72. The zero-order valence-electron chi connectivity index (χ0n) is 11.0. The van der Waals surface area contributed by atoms with E-state index in [1.165, 1.54) is 24.3 Å². The summed E-state index contributed by atoms with van der Waals surface area (Å²) in [5.74, 6) is -0.792. The number of aliphatic hydroxyl groups is 4. The third kappa shape index (κ3) is 3.31. The number of aliphatic hydroxyl groups excluding tert-OH is 4. The van der Waals surface area contributed by atoms with Gasteiger partial charge in [0.2, 0.25) is 6.29 Å². The predicted molar refractivity (Wildman–Crippen MR) is 70.0 cm³/mol. The van der Waals surface area contributed by atoms with E-state index in [1.807, 2.05) is 0 Å². The molecule has 1 saturated heterocycles. The van der Waals surface area contributed by atoms with Gasteiger partial charge in [-0.1, -0.05) is 0 Å². The van der Waals surface area contributed by atoms with Crippen molar-refractivity contribution >= 4 is 11.7 Å². The van der Waals surface area contributed by atoms with E-state index < -0.39 is 43.3 Å². The predicted octanol–water partition coefficient (Wildman–Crippen LogP) is -1.77. The summed E-state index contributed by atoms with van der Waals surface area (Å²) in [6, 6.07) is 5.87. The highest BCUT2D eigenvalue weighted by atomic mass is 16.7. The fraction of sp³-hybridized carbons (Fsp3) is 0.462. The molecule has 1 heterocycles. The van der Waals surface area contributed by atoms with Crippen molar-refractivity contribution in [2.24, 2.45) is 0 Å². The zero-order chi connectivity index (χ0) is 15.6. The lowest BCUT2D eigenvalue weighted by Crippen LogP contribution is -2.59. The number of carbonyl (C=O) groups excluding carboxylic acids is 1. The van der Waals surface area contributed by atoms with Crippen molar-refractivity contribution in [3.8, 4) is 0 Å². The van der Waals surface area contributed by atoms with Gasteiger partial charge in [0.15, 0.2) is 0 Å². The molecule has 5 unspecified atom stereocenters. The van der Waals surface area contributed by atoms with Crippen molar-refractivity contribution in [2.45, 2.75) is 30.7 Å². The number of nitrogen functional groups attached to an aromatic ring is 1. The number of benzene rings is 1. The number of nitrogens with two attached hydrogens (primary N) is 1. The fourth-order valence-electron chi connectivity index (χ4n) is 1.96. The van der Waals surface area contributed by atoms with E-state index in [1.54, 1.807) is 0 Å². The summed E-state index contributed by atoms with van der Waals surface area (Å²) >= 11 is 0. The quantitative estimate of drug-likeness (QED) is 0.326. The highest BCUT2D eigenvalue weighted by Gasteiger charge is 2.45. The molecule has 116 valence electrons. The van der Waals surface area contributed by atoms with Crippen molar-refractivity contribution in [1.29, 1.82) is 0 Å². The molecule has 0 aromatic heterocycles. The lowest BCUT2D eigenvalue weighted by molar-refractivity contribution is -0.285. The van der Waals surface area contributed by atoms with Crippen LogP contribution >= 0.6 is 0 Å². The summed E-state index contributed by atoms with van der Waals surface area (Å²) in [4.78, 5) is 11.9. The summed E-state index contributed by atoms with van der Waals surface area (Å²) in [6.07, 6.45) is -7.35.